The number of aromatic nitrogens is 1. The van der Waals surface area contributed by atoms with E-state index in [1.54, 1.807) is 11.3 Å². The third-order valence-electron chi connectivity index (χ3n) is 3.00. The minimum atomic E-state index is 0.0595. The summed E-state index contributed by atoms with van der Waals surface area (Å²) in [7, 11) is 0. The molecule has 0 fully saturated rings. The Labute approximate surface area is 139 Å². The molecule has 3 rings (SSSR count). The molecular weight excluding hydrogens is 377 g/mol. The number of fused-ring (bicyclic) bond motifs is 1. The van der Waals surface area contributed by atoms with Gasteiger partial charge in [-0.15, -0.1) is 11.3 Å². The fraction of sp³-hybridized carbons (Fsp3) is 0.133. The third kappa shape index (κ3) is 2.86. The molecule has 5 heteroatoms. The second kappa shape index (κ2) is 6.02. The van der Waals surface area contributed by atoms with Crippen LogP contribution in [0.3, 0.4) is 0 Å². The highest BCUT2D eigenvalue weighted by Crippen LogP contribution is 2.38. The molecule has 0 aliphatic rings. The summed E-state index contributed by atoms with van der Waals surface area (Å²) < 4.78 is 1.20. The third-order valence-corrected chi connectivity index (χ3v) is 5.50. The second-order valence-electron chi connectivity index (χ2n) is 4.38. The van der Waals surface area contributed by atoms with Crippen LogP contribution in [-0.2, 0) is 6.42 Å². The van der Waals surface area contributed by atoms with Crippen LogP contribution in [0.25, 0.3) is 10.2 Å². The molecule has 0 spiro atoms. The van der Waals surface area contributed by atoms with Crippen LogP contribution in [0.15, 0.2) is 42.5 Å². The van der Waals surface area contributed by atoms with Crippen molar-refractivity contribution in [3.05, 3.63) is 63.1 Å². The Morgan fingerprint density at radius 3 is 2.45 bits per heavy atom. The molecule has 1 atom stereocenters. The number of thiazole rings is 1. The van der Waals surface area contributed by atoms with Crippen molar-refractivity contribution < 1.29 is 0 Å². The summed E-state index contributed by atoms with van der Waals surface area (Å²) >= 11 is 17.9. The smallest absolute Gasteiger partial charge is 0.0953 e. The molecule has 102 valence electrons. The molecule has 0 aliphatic heterocycles. The minimum absolute atomic E-state index is 0.0595. The molecule has 0 N–H and O–H groups in total. The number of para-hydroxylation sites is 1. The Bertz CT molecular complexity index is 703. The molecule has 2 aromatic carbocycles. The van der Waals surface area contributed by atoms with E-state index < -0.39 is 0 Å². The Kier molecular flexibility index (Phi) is 4.32. The first-order valence-corrected chi connectivity index (χ1v) is 8.56. The van der Waals surface area contributed by atoms with E-state index in [9.17, 15) is 0 Å². The van der Waals surface area contributed by atoms with E-state index >= 15 is 0 Å². The van der Waals surface area contributed by atoms with Crippen LogP contribution in [0.4, 0.5) is 0 Å². The monoisotopic (exact) mass is 385 g/mol. The van der Waals surface area contributed by atoms with Gasteiger partial charge in [0.2, 0.25) is 0 Å². The molecule has 1 aromatic heterocycles. The van der Waals surface area contributed by atoms with Gasteiger partial charge in [-0.1, -0.05) is 57.3 Å². The Balaban J connectivity index is 1.90. The van der Waals surface area contributed by atoms with Crippen LogP contribution in [0, 0.1) is 0 Å². The van der Waals surface area contributed by atoms with Gasteiger partial charge in [-0.2, -0.15) is 0 Å². The maximum absolute atomic E-state index is 6.24. The fourth-order valence-corrected chi connectivity index (χ4v) is 5.02. The minimum Gasteiger partial charge on any atom is -0.241 e. The summed E-state index contributed by atoms with van der Waals surface area (Å²) in [5.74, 6) is 0. The SMILES string of the molecule is Clc1cccc(Cl)c1C(Br)Cc1nc2ccccc2s1. The molecular formula is C15H10BrCl2NS. The van der Waals surface area contributed by atoms with Crippen molar-refractivity contribution in [3.8, 4) is 0 Å². The van der Waals surface area contributed by atoms with Crippen LogP contribution in [0.5, 0.6) is 0 Å². The van der Waals surface area contributed by atoms with Gasteiger partial charge >= 0.3 is 0 Å². The molecule has 20 heavy (non-hydrogen) atoms. The van der Waals surface area contributed by atoms with Crippen molar-refractivity contribution in [2.75, 3.05) is 0 Å². The lowest BCUT2D eigenvalue weighted by atomic mass is 10.1. The molecule has 1 heterocycles. The Morgan fingerprint density at radius 2 is 1.75 bits per heavy atom. The predicted molar refractivity (Wildman–Crippen MR) is 91.5 cm³/mol. The predicted octanol–water partition coefficient (Wildman–Crippen LogP) is 6.28. The fourth-order valence-electron chi connectivity index (χ4n) is 2.07. The van der Waals surface area contributed by atoms with E-state index in [2.05, 4.69) is 27.0 Å². The van der Waals surface area contributed by atoms with Gasteiger partial charge in [0.25, 0.3) is 0 Å². The highest BCUT2D eigenvalue weighted by molar-refractivity contribution is 9.09. The lowest BCUT2D eigenvalue weighted by molar-refractivity contribution is 0.939. The number of nitrogens with zero attached hydrogens (tertiary/aromatic N) is 1. The highest BCUT2D eigenvalue weighted by atomic mass is 79.9. The zero-order chi connectivity index (χ0) is 14.1. The van der Waals surface area contributed by atoms with E-state index in [4.69, 9.17) is 23.2 Å². The molecule has 0 saturated heterocycles. The maximum Gasteiger partial charge on any atom is 0.0953 e. The Morgan fingerprint density at radius 1 is 1.05 bits per heavy atom. The number of alkyl halides is 1. The molecule has 0 aliphatic carbocycles. The van der Waals surface area contributed by atoms with Crippen molar-refractivity contribution in [1.82, 2.24) is 4.98 Å². The van der Waals surface area contributed by atoms with Crippen LogP contribution in [0.2, 0.25) is 10.0 Å². The largest absolute Gasteiger partial charge is 0.241 e. The van der Waals surface area contributed by atoms with Gasteiger partial charge in [0.05, 0.1) is 15.2 Å². The molecule has 3 aromatic rings. The average molecular weight is 387 g/mol. The topological polar surface area (TPSA) is 12.9 Å². The van der Waals surface area contributed by atoms with Crippen LogP contribution in [-0.4, -0.2) is 4.98 Å². The summed E-state index contributed by atoms with van der Waals surface area (Å²) in [5.41, 5.74) is 1.97. The van der Waals surface area contributed by atoms with E-state index in [-0.39, 0.29) is 4.83 Å². The van der Waals surface area contributed by atoms with Crippen molar-refractivity contribution >= 4 is 60.7 Å². The van der Waals surface area contributed by atoms with Gasteiger partial charge in [0.15, 0.2) is 0 Å². The zero-order valence-electron chi connectivity index (χ0n) is 10.3. The van der Waals surface area contributed by atoms with Gasteiger partial charge < -0.3 is 0 Å². The molecule has 0 amide bonds. The zero-order valence-corrected chi connectivity index (χ0v) is 14.2. The van der Waals surface area contributed by atoms with Gasteiger partial charge in [-0.05, 0) is 24.3 Å². The van der Waals surface area contributed by atoms with Gasteiger partial charge in [-0.3, -0.25) is 0 Å². The van der Waals surface area contributed by atoms with Crippen molar-refractivity contribution in [1.29, 1.82) is 0 Å². The molecule has 1 nitrogen and oxygen atoms in total. The van der Waals surface area contributed by atoms with Crippen molar-refractivity contribution in [2.45, 2.75) is 11.2 Å². The van der Waals surface area contributed by atoms with Gasteiger partial charge in [0.1, 0.15) is 0 Å². The summed E-state index contributed by atoms with van der Waals surface area (Å²) in [6, 6.07) is 13.7. The van der Waals surface area contributed by atoms with Crippen LogP contribution in [0.1, 0.15) is 15.4 Å². The number of rotatable bonds is 3. The van der Waals surface area contributed by atoms with E-state index in [1.165, 1.54) is 4.70 Å². The normalized spacial score (nSPS) is 12.8. The van der Waals surface area contributed by atoms with E-state index in [0.717, 1.165) is 22.5 Å². The standard InChI is InChI=1S/C15H10BrCl2NS/c16-9(15-10(17)4-3-5-11(15)18)8-14-19-12-6-1-2-7-13(12)20-14/h1-7,9H,8H2. The number of halogens is 3. The summed E-state index contributed by atoms with van der Waals surface area (Å²) in [6.45, 7) is 0. The van der Waals surface area contributed by atoms with Crippen molar-refractivity contribution in [2.24, 2.45) is 0 Å². The summed E-state index contributed by atoms with van der Waals surface area (Å²) in [4.78, 5) is 4.70. The lowest BCUT2D eigenvalue weighted by Gasteiger charge is -2.12. The summed E-state index contributed by atoms with van der Waals surface area (Å²) in [6.07, 6.45) is 0.767. The first kappa shape index (κ1) is 14.3. The highest BCUT2D eigenvalue weighted by Gasteiger charge is 2.17. The van der Waals surface area contributed by atoms with Crippen LogP contribution >= 0.6 is 50.5 Å². The molecule has 0 radical (unpaired) electrons. The first-order chi connectivity index (χ1) is 9.65. The van der Waals surface area contributed by atoms with E-state index in [1.807, 2.05) is 36.4 Å². The van der Waals surface area contributed by atoms with Gasteiger partial charge in [-0.25, -0.2) is 4.98 Å². The first-order valence-electron chi connectivity index (χ1n) is 6.07. The van der Waals surface area contributed by atoms with E-state index in [0.29, 0.717) is 10.0 Å². The number of hydrogen-bond donors (Lipinski definition) is 0. The number of hydrogen-bond acceptors (Lipinski definition) is 2. The second-order valence-corrected chi connectivity index (χ2v) is 7.42. The Hall–Kier alpha value is -0.610. The summed E-state index contributed by atoms with van der Waals surface area (Å²) in [5, 5.41) is 2.44. The van der Waals surface area contributed by atoms with Gasteiger partial charge in [0, 0.05) is 26.9 Å². The molecule has 0 saturated carbocycles. The van der Waals surface area contributed by atoms with Crippen molar-refractivity contribution in [3.63, 3.8) is 0 Å². The van der Waals surface area contributed by atoms with Crippen LogP contribution < -0.4 is 0 Å². The molecule has 0 bridgehead atoms. The quantitative estimate of drug-likeness (QED) is 0.482. The average Bonchev–Trinajstić information content (AvgIpc) is 2.80. The lowest BCUT2D eigenvalue weighted by Crippen LogP contribution is -1.97. The molecule has 1 unspecified atom stereocenters. The maximum atomic E-state index is 6.24. The number of benzene rings is 2.